The third kappa shape index (κ3) is 2.53. The van der Waals surface area contributed by atoms with Crippen molar-refractivity contribution in [1.82, 2.24) is 0 Å². The van der Waals surface area contributed by atoms with Gasteiger partial charge in [-0.25, -0.2) is 0 Å². The van der Waals surface area contributed by atoms with Crippen LogP contribution in [-0.2, 0) is 4.74 Å². The second kappa shape index (κ2) is 5.73. The summed E-state index contributed by atoms with van der Waals surface area (Å²) in [6, 6.07) is 13.2. The highest BCUT2D eigenvalue weighted by Crippen LogP contribution is 2.46. The van der Waals surface area contributed by atoms with E-state index in [4.69, 9.17) is 4.74 Å². The normalized spacial score (nSPS) is 30.7. The van der Waals surface area contributed by atoms with Crippen LogP contribution < -0.4 is 0 Å². The molecule has 0 amide bonds. The van der Waals surface area contributed by atoms with Crippen molar-refractivity contribution in [3.63, 3.8) is 0 Å². The van der Waals surface area contributed by atoms with Gasteiger partial charge in [0, 0.05) is 10.7 Å². The van der Waals surface area contributed by atoms with Crippen LogP contribution in [0.25, 0.3) is 10.8 Å². The van der Waals surface area contributed by atoms with E-state index in [0.717, 1.165) is 0 Å². The highest BCUT2D eigenvalue weighted by atomic mass is 79.9. The third-order valence-electron chi connectivity index (χ3n) is 5.13. The van der Waals surface area contributed by atoms with Crippen LogP contribution >= 0.6 is 15.9 Å². The predicted molar refractivity (Wildman–Crippen MR) is 93.0 cm³/mol. The predicted octanol–water partition coefficient (Wildman–Crippen LogP) is 5.64. The fourth-order valence-corrected chi connectivity index (χ4v) is 5.03. The summed E-state index contributed by atoms with van der Waals surface area (Å²) in [4.78, 5) is 0.331. The van der Waals surface area contributed by atoms with Crippen LogP contribution in [0.3, 0.4) is 0 Å². The van der Waals surface area contributed by atoms with Gasteiger partial charge in [-0.15, -0.1) is 0 Å². The van der Waals surface area contributed by atoms with Crippen molar-refractivity contribution >= 4 is 26.7 Å². The fourth-order valence-electron chi connectivity index (χ4n) is 3.72. The molecule has 1 aliphatic rings. The zero-order valence-electron chi connectivity index (χ0n) is 13.1. The van der Waals surface area contributed by atoms with Gasteiger partial charge in [0.15, 0.2) is 0 Å². The summed E-state index contributed by atoms with van der Waals surface area (Å²) in [5.74, 6) is 1.07. The largest absolute Gasteiger partial charge is 0.375 e. The molecule has 1 saturated heterocycles. The number of hydrogen-bond acceptors (Lipinski definition) is 1. The first kappa shape index (κ1) is 15.1. The first-order valence-electron chi connectivity index (χ1n) is 7.78. The number of halogens is 1. The van der Waals surface area contributed by atoms with Crippen molar-refractivity contribution < 1.29 is 4.74 Å². The summed E-state index contributed by atoms with van der Waals surface area (Å²) in [7, 11) is 0. The Labute approximate surface area is 135 Å². The molecule has 0 bridgehead atoms. The van der Waals surface area contributed by atoms with Crippen LogP contribution in [0.1, 0.15) is 36.7 Å². The minimum Gasteiger partial charge on any atom is -0.375 e. The van der Waals surface area contributed by atoms with Gasteiger partial charge < -0.3 is 4.74 Å². The summed E-state index contributed by atoms with van der Waals surface area (Å²) < 4.78 is 6.03. The number of alkyl halides is 1. The molecule has 3 rings (SSSR count). The van der Waals surface area contributed by atoms with Crippen LogP contribution in [0, 0.1) is 18.8 Å². The molecule has 0 aromatic heterocycles. The monoisotopic (exact) mass is 346 g/mol. The Balaban J connectivity index is 2.06. The number of fused-ring (bicyclic) bond motifs is 1. The Morgan fingerprint density at radius 2 is 1.62 bits per heavy atom. The van der Waals surface area contributed by atoms with Crippen molar-refractivity contribution in [3.8, 4) is 0 Å². The van der Waals surface area contributed by atoms with Crippen LogP contribution in [0.4, 0.5) is 0 Å². The lowest BCUT2D eigenvalue weighted by Gasteiger charge is -2.26. The van der Waals surface area contributed by atoms with Crippen molar-refractivity contribution in [3.05, 3.63) is 47.5 Å². The van der Waals surface area contributed by atoms with Gasteiger partial charge in [0.2, 0.25) is 0 Å². The molecule has 1 heterocycles. The third-order valence-corrected chi connectivity index (χ3v) is 6.23. The molecular weight excluding hydrogens is 324 g/mol. The SMILES string of the molecule is Cc1ccc(C(Br)C2C(C)OC(C)C2C)c2ccccc12. The molecule has 0 N–H and O–H groups in total. The zero-order valence-corrected chi connectivity index (χ0v) is 14.7. The van der Waals surface area contributed by atoms with Crippen molar-refractivity contribution in [2.75, 3.05) is 0 Å². The lowest BCUT2D eigenvalue weighted by Crippen LogP contribution is -2.22. The number of benzene rings is 2. The Kier molecular flexibility index (Phi) is 4.11. The average molecular weight is 347 g/mol. The Morgan fingerprint density at radius 3 is 2.24 bits per heavy atom. The summed E-state index contributed by atoms with van der Waals surface area (Å²) in [5.41, 5.74) is 2.73. The molecule has 112 valence electrons. The number of rotatable bonds is 2. The van der Waals surface area contributed by atoms with E-state index in [9.17, 15) is 0 Å². The van der Waals surface area contributed by atoms with E-state index < -0.39 is 0 Å². The molecule has 5 atom stereocenters. The molecule has 2 aromatic rings. The van der Waals surface area contributed by atoms with Gasteiger partial charge in [-0.05, 0) is 48.6 Å². The second-order valence-corrected chi connectivity index (χ2v) is 7.39. The summed E-state index contributed by atoms with van der Waals surface area (Å²) in [6.07, 6.45) is 0.626. The van der Waals surface area contributed by atoms with Crippen molar-refractivity contribution in [2.45, 2.75) is 44.7 Å². The summed E-state index contributed by atoms with van der Waals surface area (Å²) in [5, 5.41) is 2.71. The molecule has 1 nitrogen and oxygen atoms in total. The van der Waals surface area contributed by atoms with Crippen molar-refractivity contribution in [1.29, 1.82) is 0 Å². The van der Waals surface area contributed by atoms with Crippen molar-refractivity contribution in [2.24, 2.45) is 11.8 Å². The van der Waals surface area contributed by atoms with Crippen LogP contribution in [-0.4, -0.2) is 12.2 Å². The molecule has 0 radical (unpaired) electrons. The fraction of sp³-hybridized carbons (Fsp3) is 0.474. The lowest BCUT2D eigenvalue weighted by molar-refractivity contribution is 0.0511. The van der Waals surface area contributed by atoms with Gasteiger partial charge in [0.05, 0.1) is 12.2 Å². The maximum atomic E-state index is 6.03. The average Bonchev–Trinajstić information content (AvgIpc) is 2.72. The topological polar surface area (TPSA) is 9.23 Å². The zero-order chi connectivity index (χ0) is 15.1. The summed E-state index contributed by atoms with van der Waals surface area (Å²) in [6.45, 7) is 8.88. The van der Waals surface area contributed by atoms with E-state index in [-0.39, 0.29) is 0 Å². The number of hydrogen-bond donors (Lipinski definition) is 0. The Hall–Kier alpha value is -0.860. The van der Waals surface area contributed by atoms with E-state index in [0.29, 0.717) is 28.9 Å². The molecule has 1 aliphatic heterocycles. The Morgan fingerprint density at radius 1 is 0.952 bits per heavy atom. The number of aryl methyl sites for hydroxylation is 1. The van der Waals surface area contributed by atoms with Gasteiger partial charge in [0.1, 0.15) is 0 Å². The molecular formula is C19H23BrO. The molecule has 0 aliphatic carbocycles. The lowest BCUT2D eigenvalue weighted by atomic mass is 9.83. The molecule has 2 heteroatoms. The molecule has 21 heavy (non-hydrogen) atoms. The maximum Gasteiger partial charge on any atom is 0.0596 e. The van der Waals surface area contributed by atoms with E-state index >= 15 is 0 Å². The van der Waals surface area contributed by atoms with Gasteiger partial charge in [-0.3, -0.25) is 0 Å². The van der Waals surface area contributed by atoms with E-state index in [1.54, 1.807) is 0 Å². The highest BCUT2D eigenvalue weighted by Gasteiger charge is 2.41. The molecule has 2 aromatic carbocycles. The maximum absolute atomic E-state index is 6.03. The van der Waals surface area contributed by atoms with Gasteiger partial charge >= 0.3 is 0 Å². The molecule has 5 unspecified atom stereocenters. The van der Waals surface area contributed by atoms with Crippen LogP contribution in [0.15, 0.2) is 36.4 Å². The minimum atomic E-state index is 0.291. The smallest absolute Gasteiger partial charge is 0.0596 e. The summed E-state index contributed by atoms with van der Waals surface area (Å²) >= 11 is 3.99. The number of ether oxygens (including phenoxy) is 1. The highest BCUT2D eigenvalue weighted by molar-refractivity contribution is 9.09. The van der Waals surface area contributed by atoms with Gasteiger partial charge in [0.25, 0.3) is 0 Å². The first-order chi connectivity index (χ1) is 10.0. The quantitative estimate of drug-likeness (QED) is 0.639. The van der Waals surface area contributed by atoms with Crippen LogP contribution in [0.5, 0.6) is 0 Å². The van der Waals surface area contributed by atoms with Gasteiger partial charge in [-0.2, -0.15) is 0 Å². The molecule has 0 saturated carbocycles. The van der Waals surface area contributed by atoms with Gasteiger partial charge in [-0.1, -0.05) is 59.3 Å². The standard InChI is InChI=1S/C19H23BrO/c1-11-9-10-17(16-8-6-5-7-15(11)16)19(20)18-12(2)13(3)21-14(18)4/h5-10,12-14,18-19H,1-4H3. The molecule has 1 fully saturated rings. The minimum absolute atomic E-state index is 0.291. The van der Waals surface area contributed by atoms with E-state index in [1.807, 2.05) is 0 Å². The Bertz CT molecular complexity index is 651. The molecule has 0 spiro atoms. The van der Waals surface area contributed by atoms with E-state index in [1.165, 1.54) is 21.9 Å². The van der Waals surface area contributed by atoms with Crippen LogP contribution in [0.2, 0.25) is 0 Å². The van der Waals surface area contributed by atoms with E-state index in [2.05, 4.69) is 80.0 Å². The first-order valence-corrected chi connectivity index (χ1v) is 8.70. The second-order valence-electron chi connectivity index (χ2n) is 6.40.